The molecule has 0 aromatic carbocycles. The standard InChI is InChI=1S/C20H27N5/c1-2-3-4-5-6-7-16-24-20(18-8-12-21-13-9-18)17-25(23-24)19-10-14-22-15-11-19/h8-15,17,23H,2-7,16H2,1H3. The molecule has 5 heteroatoms. The van der Waals surface area contributed by atoms with Crippen LogP contribution in [0.1, 0.15) is 51.0 Å². The summed E-state index contributed by atoms with van der Waals surface area (Å²) >= 11 is 0. The van der Waals surface area contributed by atoms with Crippen molar-refractivity contribution in [3.63, 3.8) is 0 Å². The number of aromatic nitrogens is 2. The monoisotopic (exact) mass is 337 g/mol. The molecule has 2 aromatic rings. The van der Waals surface area contributed by atoms with Crippen molar-refractivity contribution in [3.05, 3.63) is 60.8 Å². The molecular formula is C20H27N5. The maximum atomic E-state index is 4.13. The quantitative estimate of drug-likeness (QED) is 0.688. The van der Waals surface area contributed by atoms with E-state index in [0.717, 1.165) is 12.2 Å². The third-order valence-electron chi connectivity index (χ3n) is 4.42. The van der Waals surface area contributed by atoms with E-state index in [1.54, 1.807) is 0 Å². The summed E-state index contributed by atoms with van der Waals surface area (Å²) in [5.41, 5.74) is 6.90. The van der Waals surface area contributed by atoms with Gasteiger partial charge in [0.15, 0.2) is 0 Å². The van der Waals surface area contributed by atoms with Gasteiger partial charge in [-0.05, 0) is 30.7 Å². The molecular weight excluding hydrogens is 310 g/mol. The molecule has 0 atom stereocenters. The molecule has 25 heavy (non-hydrogen) atoms. The van der Waals surface area contributed by atoms with Crippen LogP contribution in [0.4, 0.5) is 5.69 Å². The Bertz CT molecular complexity index is 656. The Kier molecular flexibility index (Phi) is 6.40. The lowest BCUT2D eigenvalue weighted by molar-refractivity contribution is 0.302. The lowest BCUT2D eigenvalue weighted by atomic mass is 10.1. The molecule has 5 nitrogen and oxygen atoms in total. The van der Waals surface area contributed by atoms with Gasteiger partial charge in [0, 0.05) is 43.1 Å². The van der Waals surface area contributed by atoms with E-state index in [0.29, 0.717) is 0 Å². The van der Waals surface area contributed by atoms with E-state index >= 15 is 0 Å². The normalized spacial score (nSPS) is 14.0. The second-order valence-electron chi connectivity index (χ2n) is 6.35. The first-order chi connectivity index (χ1) is 12.4. The summed E-state index contributed by atoms with van der Waals surface area (Å²) in [5, 5.41) is 4.28. The highest BCUT2D eigenvalue weighted by molar-refractivity contribution is 5.69. The highest BCUT2D eigenvalue weighted by Crippen LogP contribution is 2.26. The Hall–Kier alpha value is -2.40. The number of hydrogen-bond acceptors (Lipinski definition) is 5. The molecule has 0 saturated heterocycles. The van der Waals surface area contributed by atoms with Crippen LogP contribution < -0.4 is 10.5 Å². The van der Waals surface area contributed by atoms with Crippen molar-refractivity contribution in [2.24, 2.45) is 0 Å². The van der Waals surface area contributed by atoms with Crippen molar-refractivity contribution in [2.45, 2.75) is 45.4 Å². The van der Waals surface area contributed by atoms with Gasteiger partial charge >= 0.3 is 0 Å². The average Bonchev–Trinajstić information content (AvgIpc) is 3.10. The molecule has 1 aliphatic rings. The van der Waals surface area contributed by atoms with E-state index in [-0.39, 0.29) is 0 Å². The minimum Gasteiger partial charge on any atom is -0.288 e. The molecule has 0 amide bonds. The van der Waals surface area contributed by atoms with E-state index in [4.69, 9.17) is 0 Å². The number of hydrazine groups is 2. The van der Waals surface area contributed by atoms with E-state index in [9.17, 15) is 0 Å². The average molecular weight is 337 g/mol. The van der Waals surface area contributed by atoms with Crippen LogP contribution in [-0.4, -0.2) is 21.5 Å². The molecule has 3 heterocycles. The van der Waals surface area contributed by atoms with Crippen molar-refractivity contribution in [3.8, 4) is 0 Å². The molecule has 0 aliphatic carbocycles. The van der Waals surface area contributed by atoms with E-state index in [1.165, 1.54) is 49.8 Å². The summed E-state index contributed by atoms with van der Waals surface area (Å²) in [6, 6.07) is 8.11. The van der Waals surface area contributed by atoms with Gasteiger partial charge in [-0.25, -0.2) is 0 Å². The van der Waals surface area contributed by atoms with Crippen molar-refractivity contribution in [2.75, 3.05) is 11.6 Å². The lowest BCUT2D eigenvalue weighted by Gasteiger charge is -2.25. The minimum atomic E-state index is 0.988. The van der Waals surface area contributed by atoms with Crippen LogP contribution >= 0.6 is 0 Å². The number of hydrogen-bond donors (Lipinski definition) is 1. The van der Waals surface area contributed by atoms with E-state index in [2.05, 4.69) is 50.8 Å². The summed E-state index contributed by atoms with van der Waals surface area (Å²) in [7, 11) is 0. The SMILES string of the molecule is CCCCCCCCN1NN(c2ccncc2)C=C1c1ccncc1. The Morgan fingerprint density at radius 3 is 2.20 bits per heavy atom. The first-order valence-corrected chi connectivity index (χ1v) is 9.24. The second kappa shape index (κ2) is 9.18. The Labute approximate surface area is 150 Å². The lowest BCUT2D eigenvalue weighted by Crippen LogP contribution is -2.40. The maximum absolute atomic E-state index is 4.13. The van der Waals surface area contributed by atoms with Gasteiger partial charge in [0.05, 0.1) is 11.4 Å². The van der Waals surface area contributed by atoms with Crippen molar-refractivity contribution in [1.82, 2.24) is 20.5 Å². The predicted octanol–water partition coefficient (Wildman–Crippen LogP) is 4.38. The Balaban J connectivity index is 1.65. The third-order valence-corrected chi connectivity index (χ3v) is 4.42. The number of pyridine rings is 2. The largest absolute Gasteiger partial charge is 0.288 e. The van der Waals surface area contributed by atoms with Crippen LogP contribution in [0.2, 0.25) is 0 Å². The zero-order valence-corrected chi connectivity index (χ0v) is 14.9. The van der Waals surface area contributed by atoms with Crippen molar-refractivity contribution < 1.29 is 0 Å². The van der Waals surface area contributed by atoms with E-state index < -0.39 is 0 Å². The molecule has 0 bridgehead atoms. The molecule has 0 saturated carbocycles. The smallest absolute Gasteiger partial charge is 0.0789 e. The number of nitrogens with one attached hydrogen (secondary N) is 1. The van der Waals surface area contributed by atoms with Gasteiger partial charge in [-0.1, -0.05) is 39.0 Å². The predicted molar refractivity (Wildman–Crippen MR) is 102 cm³/mol. The molecule has 0 spiro atoms. The summed E-state index contributed by atoms with van der Waals surface area (Å²) < 4.78 is 0. The van der Waals surface area contributed by atoms with Gasteiger partial charge < -0.3 is 0 Å². The zero-order chi connectivity index (χ0) is 17.3. The van der Waals surface area contributed by atoms with Crippen molar-refractivity contribution >= 4 is 11.4 Å². The van der Waals surface area contributed by atoms with Crippen LogP contribution in [0.5, 0.6) is 0 Å². The molecule has 0 radical (unpaired) electrons. The summed E-state index contributed by atoms with van der Waals surface area (Å²) in [5.74, 6) is 0. The van der Waals surface area contributed by atoms with Crippen LogP contribution in [0.25, 0.3) is 5.70 Å². The zero-order valence-electron chi connectivity index (χ0n) is 14.9. The Morgan fingerprint density at radius 2 is 1.48 bits per heavy atom. The molecule has 2 aromatic heterocycles. The first kappa shape index (κ1) is 17.4. The number of anilines is 1. The van der Waals surface area contributed by atoms with Gasteiger partial charge in [-0.3, -0.25) is 20.0 Å². The number of rotatable bonds is 9. The van der Waals surface area contributed by atoms with Crippen LogP contribution in [0.15, 0.2) is 55.3 Å². The molecule has 0 unspecified atom stereocenters. The number of unbranched alkanes of at least 4 members (excludes halogenated alkanes) is 5. The summed E-state index contributed by atoms with van der Waals surface area (Å²) in [6.45, 7) is 3.25. The molecule has 1 aliphatic heterocycles. The van der Waals surface area contributed by atoms with Gasteiger partial charge in [0.1, 0.15) is 0 Å². The minimum absolute atomic E-state index is 0.988. The summed E-state index contributed by atoms with van der Waals surface area (Å²) in [4.78, 5) is 8.24. The van der Waals surface area contributed by atoms with Crippen molar-refractivity contribution in [1.29, 1.82) is 0 Å². The van der Waals surface area contributed by atoms with Gasteiger partial charge in [0.25, 0.3) is 0 Å². The number of nitrogens with zero attached hydrogens (tertiary/aromatic N) is 4. The van der Waals surface area contributed by atoms with Gasteiger partial charge in [0.2, 0.25) is 0 Å². The van der Waals surface area contributed by atoms with Crippen LogP contribution in [0.3, 0.4) is 0 Å². The molecule has 3 rings (SSSR count). The van der Waals surface area contributed by atoms with Crippen LogP contribution in [-0.2, 0) is 0 Å². The summed E-state index contributed by atoms with van der Waals surface area (Å²) in [6.07, 6.45) is 17.2. The fraction of sp³-hybridized carbons (Fsp3) is 0.400. The highest BCUT2D eigenvalue weighted by Gasteiger charge is 2.22. The Morgan fingerprint density at radius 1 is 0.840 bits per heavy atom. The topological polar surface area (TPSA) is 44.3 Å². The third kappa shape index (κ3) is 4.79. The van der Waals surface area contributed by atoms with Gasteiger partial charge in [-0.2, -0.15) is 0 Å². The molecule has 1 N–H and O–H groups in total. The molecule has 0 fully saturated rings. The fourth-order valence-electron chi connectivity index (χ4n) is 3.02. The van der Waals surface area contributed by atoms with Gasteiger partial charge in [-0.15, -0.1) is 5.53 Å². The first-order valence-electron chi connectivity index (χ1n) is 9.24. The molecule has 132 valence electrons. The van der Waals surface area contributed by atoms with E-state index in [1.807, 2.05) is 36.9 Å². The fourth-order valence-corrected chi connectivity index (χ4v) is 3.02. The van der Waals surface area contributed by atoms with Crippen LogP contribution in [0, 0.1) is 0 Å². The second-order valence-corrected chi connectivity index (χ2v) is 6.35. The maximum Gasteiger partial charge on any atom is 0.0789 e. The highest BCUT2D eigenvalue weighted by atomic mass is 15.8.